The Labute approximate surface area is 192 Å². The molecule has 0 atom stereocenters. The third-order valence-electron chi connectivity index (χ3n) is 5.03. The van der Waals surface area contributed by atoms with E-state index in [0.717, 1.165) is 31.2 Å². The smallest absolute Gasteiger partial charge is 0.262 e. The second-order valence-electron chi connectivity index (χ2n) is 7.29. The molecule has 2 aromatic rings. The van der Waals surface area contributed by atoms with Crippen molar-refractivity contribution in [1.82, 2.24) is 5.32 Å². The predicted octanol–water partition coefficient (Wildman–Crippen LogP) is 5.94. The molecule has 3 rings (SSSR count). The van der Waals surface area contributed by atoms with E-state index in [0.29, 0.717) is 33.7 Å². The summed E-state index contributed by atoms with van der Waals surface area (Å²) in [6.07, 6.45) is 5.70. The van der Waals surface area contributed by atoms with Gasteiger partial charge in [0.05, 0.1) is 6.61 Å². The summed E-state index contributed by atoms with van der Waals surface area (Å²) < 4.78 is 11.6. The van der Waals surface area contributed by atoms with Gasteiger partial charge in [-0.3, -0.25) is 4.79 Å². The lowest BCUT2D eigenvalue weighted by atomic mass is 10.1. The summed E-state index contributed by atoms with van der Waals surface area (Å²) in [6, 6.07) is 12.7. The molecule has 0 saturated heterocycles. The van der Waals surface area contributed by atoms with E-state index in [1.807, 2.05) is 19.1 Å². The minimum absolute atomic E-state index is 0.0657. The Morgan fingerprint density at radius 3 is 2.61 bits per heavy atom. The number of amides is 1. The lowest BCUT2D eigenvalue weighted by molar-refractivity contribution is -0.117. The van der Waals surface area contributed by atoms with Gasteiger partial charge in [-0.05, 0) is 55.7 Å². The van der Waals surface area contributed by atoms with Crippen molar-refractivity contribution in [2.75, 3.05) is 6.61 Å². The molecule has 1 N–H and O–H groups in total. The highest BCUT2D eigenvalue weighted by Crippen LogP contribution is 2.31. The molecule has 0 radical (unpaired) electrons. The van der Waals surface area contributed by atoms with E-state index in [-0.39, 0.29) is 24.1 Å². The number of hydrogen-bond donors (Lipinski definition) is 1. The van der Waals surface area contributed by atoms with Gasteiger partial charge in [-0.25, -0.2) is 0 Å². The Bertz CT molecular complexity index is 1010. The molecule has 31 heavy (non-hydrogen) atoms. The van der Waals surface area contributed by atoms with Gasteiger partial charge in [0.2, 0.25) is 0 Å². The van der Waals surface area contributed by atoms with Gasteiger partial charge in [-0.15, -0.1) is 0 Å². The highest BCUT2D eigenvalue weighted by atomic mass is 35.5. The number of benzene rings is 2. The molecule has 0 aliphatic heterocycles. The van der Waals surface area contributed by atoms with Gasteiger partial charge in [0.15, 0.2) is 11.5 Å². The molecule has 162 valence electrons. The van der Waals surface area contributed by atoms with Crippen LogP contribution in [-0.2, 0) is 11.4 Å². The quantitative estimate of drug-likeness (QED) is 0.392. The molecule has 1 aliphatic carbocycles. The van der Waals surface area contributed by atoms with Crippen LogP contribution in [0.1, 0.15) is 43.7 Å². The van der Waals surface area contributed by atoms with Gasteiger partial charge in [0, 0.05) is 21.7 Å². The van der Waals surface area contributed by atoms with Gasteiger partial charge in [0.1, 0.15) is 18.2 Å². The van der Waals surface area contributed by atoms with Crippen molar-refractivity contribution in [3.63, 3.8) is 0 Å². The molecule has 2 aromatic carbocycles. The van der Waals surface area contributed by atoms with Crippen LogP contribution in [0.25, 0.3) is 6.08 Å². The van der Waals surface area contributed by atoms with Crippen LogP contribution in [0.3, 0.4) is 0 Å². The molecular formula is C24H24Cl2N2O3. The van der Waals surface area contributed by atoms with E-state index in [1.165, 1.54) is 0 Å². The maximum Gasteiger partial charge on any atom is 0.262 e. The van der Waals surface area contributed by atoms with E-state index >= 15 is 0 Å². The van der Waals surface area contributed by atoms with E-state index in [1.54, 1.807) is 36.4 Å². The van der Waals surface area contributed by atoms with Crippen LogP contribution in [0.5, 0.6) is 11.5 Å². The zero-order valence-corrected chi connectivity index (χ0v) is 18.8. The van der Waals surface area contributed by atoms with E-state index in [4.69, 9.17) is 32.7 Å². The molecule has 7 heteroatoms. The molecule has 1 aliphatic rings. The summed E-state index contributed by atoms with van der Waals surface area (Å²) in [6.45, 7) is 2.56. The summed E-state index contributed by atoms with van der Waals surface area (Å²) in [5, 5.41) is 13.5. The maximum atomic E-state index is 12.4. The summed E-state index contributed by atoms with van der Waals surface area (Å²) in [7, 11) is 0. The number of hydrogen-bond acceptors (Lipinski definition) is 4. The second kappa shape index (κ2) is 11.1. The Hall–Kier alpha value is -2.68. The van der Waals surface area contributed by atoms with E-state index < -0.39 is 0 Å². The molecule has 0 bridgehead atoms. The number of carbonyl (C=O) groups is 1. The zero-order valence-electron chi connectivity index (χ0n) is 17.3. The van der Waals surface area contributed by atoms with Crippen LogP contribution in [-0.4, -0.2) is 18.6 Å². The summed E-state index contributed by atoms with van der Waals surface area (Å²) in [5.41, 5.74) is 1.54. The third kappa shape index (κ3) is 6.40. The monoisotopic (exact) mass is 458 g/mol. The highest BCUT2D eigenvalue weighted by Gasteiger charge is 2.19. The van der Waals surface area contributed by atoms with Crippen molar-refractivity contribution in [3.05, 3.63) is 63.1 Å². The summed E-state index contributed by atoms with van der Waals surface area (Å²) in [5.74, 6) is 0.721. The molecule has 0 unspecified atom stereocenters. The largest absolute Gasteiger partial charge is 0.490 e. The van der Waals surface area contributed by atoms with Crippen molar-refractivity contribution in [2.45, 2.75) is 45.3 Å². The third-order valence-corrected chi connectivity index (χ3v) is 5.62. The van der Waals surface area contributed by atoms with Crippen LogP contribution >= 0.6 is 23.2 Å². The van der Waals surface area contributed by atoms with Crippen molar-refractivity contribution in [2.24, 2.45) is 0 Å². The van der Waals surface area contributed by atoms with Crippen LogP contribution in [0.4, 0.5) is 0 Å². The van der Waals surface area contributed by atoms with Crippen molar-refractivity contribution in [1.29, 1.82) is 5.26 Å². The maximum absolute atomic E-state index is 12.4. The van der Waals surface area contributed by atoms with Gasteiger partial charge in [-0.1, -0.05) is 48.2 Å². The number of nitrogens with zero attached hydrogens (tertiary/aromatic N) is 1. The van der Waals surface area contributed by atoms with Gasteiger partial charge in [-0.2, -0.15) is 5.26 Å². The fraction of sp³-hybridized carbons (Fsp3) is 0.333. The van der Waals surface area contributed by atoms with Crippen molar-refractivity contribution < 1.29 is 14.3 Å². The minimum Gasteiger partial charge on any atom is -0.490 e. The van der Waals surface area contributed by atoms with Gasteiger partial charge < -0.3 is 14.8 Å². The fourth-order valence-corrected chi connectivity index (χ4v) is 3.91. The van der Waals surface area contributed by atoms with E-state index in [2.05, 4.69) is 5.32 Å². The molecule has 1 fully saturated rings. The second-order valence-corrected chi connectivity index (χ2v) is 8.13. The Morgan fingerprint density at radius 2 is 1.94 bits per heavy atom. The van der Waals surface area contributed by atoms with Gasteiger partial charge >= 0.3 is 0 Å². The van der Waals surface area contributed by atoms with Crippen LogP contribution in [0.15, 0.2) is 42.0 Å². The normalized spacial score (nSPS) is 14.2. The average molecular weight is 459 g/mol. The number of nitrogens with one attached hydrogen (secondary N) is 1. The Morgan fingerprint density at radius 1 is 1.16 bits per heavy atom. The number of ether oxygens (including phenoxy) is 2. The molecule has 1 saturated carbocycles. The number of rotatable bonds is 8. The minimum atomic E-state index is -0.343. The SMILES string of the molecule is CCOc1cc(/C=C(/C#N)C(=O)NC2CCCC2)ccc1OCc1ccc(Cl)cc1Cl. The van der Waals surface area contributed by atoms with Gasteiger partial charge in [0.25, 0.3) is 5.91 Å². The summed E-state index contributed by atoms with van der Waals surface area (Å²) in [4.78, 5) is 12.4. The Balaban J connectivity index is 1.75. The highest BCUT2D eigenvalue weighted by molar-refractivity contribution is 6.35. The standard InChI is InChI=1S/C24H24Cl2N2O3/c1-2-30-23-12-16(11-18(14-27)24(29)28-20-5-3-4-6-20)7-10-22(23)31-15-17-8-9-19(25)13-21(17)26/h7-13,20H,2-6,15H2,1H3,(H,28,29)/b18-11-. The number of nitriles is 1. The van der Waals surface area contributed by atoms with Crippen molar-refractivity contribution >= 4 is 35.2 Å². The van der Waals surface area contributed by atoms with Crippen LogP contribution in [0.2, 0.25) is 10.0 Å². The molecule has 1 amide bonds. The molecule has 5 nitrogen and oxygen atoms in total. The average Bonchev–Trinajstić information content (AvgIpc) is 3.25. The predicted molar refractivity (Wildman–Crippen MR) is 122 cm³/mol. The fourth-order valence-electron chi connectivity index (χ4n) is 3.44. The zero-order chi connectivity index (χ0) is 22.2. The van der Waals surface area contributed by atoms with Crippen molar-refractivity contribution in [3.8, 4) is 17.6 Å². The summed E-state index contributed by atoms with van der Waals surface area (Å²) >= 11 is 12.2. The topological polar surface area (TPSA) is 71.3 Å². The van der Waals surface area contributed by atoms with E-state index in [9.17, 15) is 10.1 Å². The molecular weight excluding hydrogens is 435 g/mol. The lowest BCUT2D eigenvalue weighted by Crippen LogP contribution is -2.33. The first-order valence-electron chi connectivity index (χ1n) is 10.3. The number of halogens is 2. The number of carbonyl (C=O) groups excluding carboxylic acids is 1. The first kappa shape index (κ1) is 23.0. The Kier molecular flexibility index (Phi) is 8.22. The van der Waals surface area contributed by atoms with Crippen LogP contribution < -0.4 is 14.8 Å². The first-order chi connectivity index (χ1) is 15.0. The lowest BCUT2D eigenvalue weighted by Gasteiger charge is -2.14. The molecule has 0 spiro atoms. The van der Waals surface area contributed by atoms with Crippen LogP contribution in [0, 0.1) is 11.3 Å². The molecule has 0 aromatic heterocycles. The first-order valence-corrected chi connectivity index (χ1v) is 11.0. The molecule has 0 heterocycles.